The number of carbonyl (C=O) groups excluding carboxylic acids is 2. The molecule has 2 atom stereocenters. The molecule has 2 aromatic carbocycles. The molecule has 3 N–H and O–H groups in total. The summed E-state index contributed by atoms with van der Waals surface area (Å²) in [5.74, 6) is -2.93. The number of hydrogen-bond acceptors (Lipinski definition) is 4. The Hall–Kier alpha value is -3.79. The molecule has 1 aromatic heterocycles. The van der Waals surface area contributed by atoms with E-state index >= 15 is 0 Å². The van der Waals surface area contributed by atoms with Gasteiger partial charge in [-0.3, -0.25) is 19.0 Å². The maximum Gasteiger partial charge on any atom is 0.395 e. The van der Waals surface area contributed by atoms with Gasteiger partial charge in [-0.05, 0) is 60.9 Å². The summed E-state index contributed by atoms with van der Waals surface area (Å²) in [4.78, 5) is 37.0. The number of nitrogens with two attached hydrogens (primary N) is 1. The van der Waals surface area contributed by atoms with Crippen LogP contribution in [-0.2, 0) is 11.2 Å². The van der Waals surface area contributed by atoms with Crippen LogP contribution in [0.25, 0.3) is 11.1 Å². The molecule has 0 bridgehead atoms. The number of fused-ring (bicyclic) bond motifs is 3. The molecule has 0 unspecified atom stereocenters. The molecule has 0 saturated carbocycles. The van der Waals surface area contributed by atoms with E-state index in [1.807, 2.05) is 0 Å². The third-order valence-electron chi connectivity index (χ3n) is 6.01. The van der Waals surface area contributed by atoms with Gasteiger partial charge in [0.15, 0.2) is 0 Å². The Kier molecular flexibility index (Phi) is 6.81. The Morgan fingerprint density at radius 2 is 1.83 bits per heavy atom. The van der Waals surface area contributed by atoms with E-state index in [0.29, 0.717) is 27.4 Å². The normalized spacial score (nSPS) is 16.0. The second-order valence-electron chi connectivity index (χ2n) is 8.46. The SMILES string of the molecule is C[C@@H](C(=O)Nc1ccc(C(N)=O)cc1)n1cc2c(cc1=O)-c1cc(Cl)ccc1C[C@@H](C(F)(F)F)CO2. The van der Waals surface area contributed by atoms with E-state index in [1.54, 1.807) is 0 Å². The zero-order valence-electron chi connectivity index (χ0n) is 18.9. The first-order chi connectivity index (χ1) is 16.9. The minimum absolute atomic E-state index is 0.0255. The molecule has 7 nitrogen and oxygen atoms in total. The summed E-state index contributed by atoms with van der Waals surface area (Å²) in [6.07, 6.45) is -3.59. The van der Waals surface area contributed by atoms with Gasteiger partial charge in [0.1, 0.15) is 18.4 Å². The highest BCUT2D eigenvalue weighted by atomic mass is 35.5. The average molecular weight is 520 g/mol. The number of ether oxygens (including phenoxy) is 1. The highest BCUT2D eigenvalue weighted by molar-refractivity contribution is 6.30. The molecule has 0 radical (unpaired) electrons. The summed E-state index contributed by atoms with van der Waals surface area (Å²) in [6, 6.07) is 10.5. The Morgan fingerprint density at radius 1 is 1.14 bits per heavy atom. The molecule has 4 rings (SSSR count). The predicted octanol–water partition coefficient (Wildman–Crippen LogP) is 4.58. The van der Waals surface area contributed by atoms with Crippen LogP contribution in [0.5, 0.6) is 5.75 Å². The number of benzene rings is 2. The lowest BCUT2D eigenvalue weighted by Gasteiger charge is -2.27. The predicted molar refractivity (Wildman–Crippen MR) is 128 cm³/mol. The van der Waals surface area contributed by atoms with Crippen LogP contribution in [0.4, 0.5) is 18.9 Å². The standard InChI is InChI=1S/C25H21ClF3N3O4/c1-13(24(35)31-18-6-3-14(4-7-18)23(30)34)32-11-21-20(10-22(32)33)19-9-17(26)5-2-15(19)8-16(12-36-21)25(27,28)29/h2-7,9-11,13,16H,8,12H2,1H3,(H2,30,34)(H,31,35)/t13-,16+/m0/s1. The number of halogens is 4. The van der Waals surface area contributed by atoms with E-state index in [4.69, 9.17) is 22.1 Å². The van der Waals surface area contributed by atoms with Crippen LogP contribution in [0, 0.1) is 5.92 Å². The lowest BCUT2D eigenvalue weighted by molar-refractivity contribution is -0.181. The summed E-state index contributed by atoms with van der Waals surface area (Å²) >= 11 is 6.11. The van der Waals surface area contributed by atoms with Gasteiger partial charge >= 0.3 is 6.18 Å². The van der Waals surface area contributed by atoms with Crippen molar-refractivity contribution in [2.75, 3.05) is 11.9 Å². The van der Waals surface area contributed by atoms with E-state index in [2.05, 4.69) is 5.32 Å². The van der Waals surface area contributed by atoms with Crippen LogP contribution in [0.2, 0.25) is 5.02 Å². The molecule has 1 aliphatic rings. The Bertz CT molecular complexity index is 1390. The number of pyridine rings is 1. The smallest absolute Gasteiger partial charge is 0.395 e. The zero-order chi connectivity index (χ0) is 26.2. The number of rotatable bonds is 4. The van der Waals surface area contributed by atoms with Gasteiger partial charge in [-0.1, -0.05) is 17.7 Å². The lowest BCUT2D eigenvalue weighted by atomic mass is 9.91. The van der Waals surface area contributed by atoms with Crippen molar-refractivity contribution >= 4 is 29.1 Å². The molecular weight excluding hydrogens is 499 g/mol. The van der Waals surface area contributed by atoms with Gasteiger partial charge in [0.05, 0.1) is 12.1 Å². The molecule has 0 saturated heterocycles. The van der Waals surface area contributed by atoms with Gasteiger partial charge in [0, 0.05) is 27.9 Å². The average Bonchev–Trinajstić information content (AvgIpc) is 2.80. The van der Waals surface area contributed by atoms with E-state index in [1.165, 1.54) is 61.7 Å². The van der Waals surface area contributed by atoms with Gasteiger partial charge in [0.2, 0.25) is 11.8 Å². The lowest BCUT2D eigenvalue weighted by Crippen LogP contribution is -2.34. The van der Waals surface area contributed by atoms with Gasteiger partial charge < -0.3 is 15.8 Å². The van der Waals surface area contributed by atoms with Crippen LogP contribution in [0.1, 0.15) is 28.9 Å². The van der Waals surface area contributed by atoms with Crippen LogP contribution < -0.4 is 21.3 Å². The van der Waals surface area contributed by atoms with Crippen LogP contribution in [-0.4, -0.2) is 29.2 Å². The fourth-order valence-corrected chi connectivity index (χ4v) is 4.12. The number of nitrogens with one attached hydrogen (secondary N) is 1. The number of hydrogen-bond donors (Lipinski definition) is 2. The number of primary amides is 1. The molecule has 0 aliphatic carbocycles. The fourth-order valence-electron chi connectivity index (χ4n) is 3.95. The van der Waals surface area contributed by atoms with Gasteiger partial charge in [0.25, 0.3) is 5.56 Å². The molecule has 0 spiro atoms. The first kappa shape index (κ1) is 25.3. The van der Waals surface area contributed by atoms with Crippen molar-refractivity contribution in [2.45, 2.75) is 25.6 Å². The number of aromatic nitrogens is 1. The van der Waals surface area contributed by atoms with Crippen LogP contribution >= 0.6 is 11.6 Å². The largest absolute Gasteiger partial charge is 0.491 e. The maximum absolute atomic E-state index is 13.6. The number of alkyl halides is 3. The Labute approximate surface area is 208 Å². The third-order valence-corrected chi connectivity index (χ3v) is 6.24. The molecule has 1 aliphatic heterocycles. The zero-order valence-corrected chi connectivity index (χ0v) is 19.7. The second kappa shape index (κ2) is 9.69. The number of anilines is 1. The summed E-state index contributed by atoms with van der Waals surface area (Å²) in [5, 5.41) is 2.92. The first-order valence-corrected chi connectivity index (χ1v) is 11.3. The van der Waals surface area contributed by atoms with Crippen LogP contribution in [0.3, 0.4) is 0 Å². The topological polar surface area (TPSA) is 103 Å². The second-order valence-corrected chi connectivity index (χ2v) is 8.90. The monoisotopic (exact) mass is 519 g/mol. The summed E-state index contributed by atoms with van der Waals surface area (Å²) in [7, 11) is 0. The van der Waals surface area contributed by atoms with E-state index in [0.717, 1.165) is 4.57 Å². The summed E-state index contributed by atoms with van der Waals surface area (Å²) in [6.45, 7) is 0.816. The van der Waals surface area contributed by atoms with Crippen molar-refractivity contribution < 1.29 is 27.5 Å². The Morgan fingerprint density at radius 3 is 2.47 bits per heavy atom. The molecule has 3 aromatic rings. The molecule has 0 fully saturated rings. The summed E-state index contributed by atoms with van der Waals surface area (Å²) < 4.78 is 47.5. The van der Waals surface area contributed by atoms with Crippen molar-refractivity contribution in [1.29, 1.82) is 0 Å². The van der Waals surface area contributed by atoms with Crippen molar-refractivity contribution in [2.24, 2.45) is 11.7 Å². The quantitative estimate of drug-likeness (QED) is 0.526. The Balaban J connectivity index is 1.69. The first-order valence-electron chi connectivity index (χ1n) is 10.9. The highest BCUT2D eigenvalue weighted by Crippen LogP contribution is 2.40. The molecule has 2 heterocycles. The molecule has 36 heavy (non-hydrogen) atoms. The van der Waals surface area contributed by atoms with Crippen LogP contribution in [0.15, 0.2) is 59.5 Å². The highest BCUT2D eigenvalue weighted by Gasteiger charge is 2.41. The van der Waals surface area contributed by atoms with Gasteiger partial charge in [-0.25, -0.2) is 0 Å². The number of carbonyl (C=O) groups is 2. The maximum atomic E-state index is 13.6. The minimum Gasteiger partial charge on any atom is -0.491 e. The molecule has 188 valence electrons. The van der Waals surface area contributed by atoms with Crippen molar-refractivity contribution in [3.63, 3.8) is 0 Å². The van der Waals surface area contributed by atoms with E-state index in [-0.39, 0.29) is 17.7 Å². The number of nitrogens with zero attached hydrogens (tertiary/aromatic N) is 1. The molecule has 2 amide bonds. The minimum atomic E-state index is -4.50. The van der Waals surface area contributed by atoms with Crippen molar-refractivity contribution in [3.8, 4) is 16.9 Å². The van der Waals surface area contributed by atoms with Crippen molar-refractivity contribution in [1.82, 2.24) is 4.57 Å². The fraction of sp³-hybridized carbons (Fsp3) is 0.240. The van der Waals surface area contributed by atoms with Gasteiger partial charge in [-0.15, -0.1) is 0 Å². The molecule has 11 heteroatoms. The number of amides is 2. The van der Waals surface area contributed by atoms with Gasteiger partial charge in [-0.2, -0.15) is 13.2 Å². The van der Waals surface area contributed by atoms with Crippen molar-refractivity contribution in [3.05, 3.63) is 81.2 Å². The summed E-state index contributed by atoms with van der Waals surface area (Å²) in [5.41, 5.74) is 6.32. The molecular formula is C25H21ClF3N3O4. The third kappa shape index (κ3) is 5.23. The van der Waals surface area contributed by atoms with E-state index < -0.39 is 42.1 Å². The van der Waals surface area contributed by atoms with E-state index in [9.17, 15) is 27.6 Å².